The van der Waals surface area contributed by atoms with Crippen molar-refractivity contribution >= 4 is 11.6 Å². The van der Waals surface area contributed by atoms with Crippen LogP contribution in [-0.4, -0.2) is 12.5 Å². The number of alkyl halides is 4. The van der Waals surface area contributed by atoms with Crippen LogP contribution in [-0.2, 0) is 6.42 Å². The maximum Gasteiger partial charge on any atom is 0.461 e. The molecule has 0 bridgehead atoms. The Morgan fingerprint density at radius 3 is 2.16 bits per heavy atom. The van der Waals surface area contributed by atoms with E-state index < -0.39 is 12.5 Å². The second-order valence-corrected chi connectivity index (χ2v) is 5.81. The van der Waals surface area contributed by atoms with E-state index in [1.807, 2.05) is 25.1 Å². The monoisotopic (exact) mass is 352 g/mol. The second kappa shape index (κ2) is 8.19. The summed E-state index contributed by atoms with van der Waals surface area (Å²) in [5, 5.41) is 0. The van der Waals surface area contributed by atoms with Gasteiger partial charge in [-0.05, 0) is 47.7 Å². The van der Waals surface area contributed by atoms with Gasteiger partial charge in [0.15, 0.2) is 0 Å². The lowest BCUT2D eigenvalue weighted by Gasteiger charge is -2.16. The Morgan fingerprint density at radius 1 is 1.04 bits per heavy atom. The molecule has 0 aliphatic carbocycles. The van der Waals surface area contributed by atoms with Gasteiger partial charge in [-0.3, -0.25) is 0 Å². The molecule has 5 heteroatoms. The van der Waals surface area contributed by atoms with Crippen molar-refractivity contribution in [2.24, 2.45) is 0 Å². The topological polar surface area (TPSA) is 9.23 Å². The SMILES string of the molecule is CCCc1ccc(C=C(C)c2ccc(OC(F)(F)C(F)F)cc2)cc1. The van der Waals surface area contributed by atoms with E-state index in [9.17, 15) is 17.6 Å². The van der Waals surface area contributed by atoms with Crippen molar-refractivity contribution in [2.45, 2.75) is 39.2 Å². The Kier molecular flexibility index (Phi) is 6.23. The van der Waals surface area contributed by atoms with E-state index in [1.165, 1.54) is 17.7 Å². The molecule has 2 aromatic rings. The van der Waals surface area contributed by atoms with Crippen LogP contribution in [0.15, 0.2) is 48.5 Å². The number of ether oxygens (including phenoxy) is 1. The van der Waals surface area contributed by atoms with Crippen LogP contribution >= 0.6 is 0 Å². The Balaban J connectivity index is 2.10. The Labute approximate surface area is 144 Å². The van der Waals surface area contributed by atoms with E-state index in [0.717, 1.165) is 29.5 Å². The molecule has 0 fully saturated rings. The summed E-state index contributed by atoms with van der Waals surface area (Å²) >= 11 is 0. The van der Waals surface area contributed by atoms with Crippen LogP contribution in [0, 0.1) is 0 Å². The molecular formula is C20H20F4O. The maximum atomic E-state index is 12.9. The number of hydrogen-bond donors (Lipinski definition) is 0. The van der Waals surface area contributed by atoms with E-state index in [0.29, 0.717) is 0 Å². The molecule has 0 saturated carbocycles. The van der Waals surface area contributed by atoms with Gasteiger partial charge in [0.2, 0.25) is 0 Å². The average molecular weight is 352 g/mol. The highest BCUT2D eigenvalue weighted by atomic mass is 19.3. The van der Waals surface area contributed by atoms with Crippen molar-refractivity contribution in [3.05, 3.63) is 65.2 Å². The molecule has 1 nitrogen and oxygen atoms in total. The van der Waals surface area contributed by atoms with Gasteiger partial charge in [-0.1, -0.05) is 55.8 Å². The molecule has 0 unspecified atom stereocenters. The number of allylic oxidation sites excluding steroid dienone is 1. The van der Waals surface area contributed by atoms with Crippen LogP contribution in [0.3, 0.4) is 0 Å². The van der Waals surface area contributed by atoms with Crippen LogP contribution in [0.25, 0.3) is 11.6 Å². The highest BCUT2D eigenvalue weighted by Crippen LogP contribution is 2.28. The van der Waals surface area contributed by atoms with Crippen molar-refractivity contribution in [3.63, 3.8) is 0 Å². The van der Waals surface area contributed by atoms with Gasteiger partial charge in [-0.25, -0.2) is 0 Å². The highest BCUT2D eigenvalue weighted by molar-refractivity contribution is 5.80. The molecule has 25 heavy (non-hydrogen) atoms. The van der Waals surface area contributed by atoms with Gasteiger partial charge in [0, 0.05) is 0 Å². The number of halogens is 4. The largest absolute Gasteiger partial charge is 0.461 e. The fourth-order valence-electron chi connectivity index (χ4n) is 2.39. The van der Waals surface area contributed by atoms with E-state index in [2.05, 4.69) is 23.8 Å². The molecule has 0 aliphatic heterocycles. The van der Waals surface area contributed by atoms with Crippen molar-refractivity contribution < 1.29 is 22.3 Å². The molecule has 0 heterocycles. The first-order valence-corrected chi connectivity index (χ1v) is 8.04. The van der Waals surface area contributed by atoms with Gasteiger partial charge in [-0.2, -0.15) is 17.6 Å². The molecular weight excluding hydrogens is 332 g/mol. The highest BCUT2D eigenvalue weighted by Gasteiger charge is 2.43. The lowest BCUT2D eigenvalue weighted by molar-refractivity contribution is -0.253. The smallest absolute Gasteiger partial charge is 0.428 e. The van der Waals surface area contributed by atoms with Crippen LogP contribution in [0.4, 0.5) is 17.6 Å². The molecule has 0 N–H and O–H groups in total. The first-order valence-electron chi connectivity index (χ1n) is 8.04. The van der Waals surface area contributed by atoms with Gasteiger partial charge in [-0.15, -0.1) is 0 Å². The van der Waals surface area contributed by atoms with Crippen LogP contribution in [0.5, 0.6) is 5.75 Å². The molecule has 2 rings (SSSR count). The number of benzene rings is 2. The molecule has 0 aromatic heterocycles. The van der Waals surface area contributed by atoms with Crippen LogP contribution in [0.1, 0.15) is 37.0 Å². The first kappa shape index (κ1) is 19.0. The summed E-state index contributed by atoms with van der Waals surface area (Å²) in [6.45, 7) is 4.02. The van der Waals surface area contributed by atoms with Crippen molar-refractivity contribution in [1.82, 2.24) is 0 Å². The zero-order valence-corrected chi connectivity index (χ0v) is 14.1. The number of rotatable bonds is 7. The quantitative estimate of drug-likeness (QED) is 0.412. The molecule has 0 radical (unpaired) electrons. The predicted octanol–water partition coefficient (Wildman–Crippen LogP) is 6.44. The Morgan fingerprint density at radius 2 is 1.64 bits per heavy atom. The molecule has 134 valence electrons. The van der Waals surface area contributed by atoms with E-state index in [4.69, 9.17) is 0 Å². The molecule has 0 aliphatic rings. The summed E-state index contributed by atoms with van der Waals surface area (Å²) in [7, 11) is 0. The normalized spacial score (nSPS) is 12.5. The summed E-state index contributed by atoms with van der Waals surface area (Å²) in [5.41, 5.74) is 4.03. The lowest BCUT2D eigenvalue weighted by Crippen LogP contribution is -2.33. The van der Waals surface area contributed by atoms with E-state index >= 15 is 0 Å². The van der Waals surface area contributed by atoms with Crippen LogP contribution < -0.4 is 4.74 Å². The summed E-state index contributed by atoms with van der Waals surface area (Å²) in [5.74, 6) is -0.300. The third kappa shape index (κ3) is 5.34. The van der Waals surface area contributed by atoms with Crippen molar-refractivity contribution in [1.29, 1.82) is 0 Å². The van der Waals surface area contributed by atoms with Crippen molar-refractivity contribution in [3.8, 4) is 5.75 Å². The molecule has 0 atom stereocenters. The number of aryl methyl sites for hydroxylation is 1. The Bertz CT molecular complexity index is 703. The predicted molar refractivity (Wildman–Crippen MR) is 92.0 cm³/mol. The molecule has 0 spiro atoms. The van der Waals surface area contributed by atoms with Gasteiger partial charge in [0.1, 0.15) is 5.75 Å². The zero-order chi connectivity index (χ0) is 18.4. The first-order chi connectivity index (χ1) is 11.8. The van der Waals surface area contributed by atoms with Gasteiger partial charge >= 0.3 is 12.5 Å². The zero-order valence-electron chi connectivity index (χ0n) is 14.1. The minimum absolute atomic E-state index is 0.300. The summed E-state index contributed by atoms with van der Waals surface area (Å²) in [4.78, 5) is 0. The standard InChI is InChI=1S/C20H20F4O/c1-3-4-15-5-7-16(8-6-15)13-14(2)17-9-11-18(12-10-17)25-20(23,24)19(21)22/h5-13,19H,3-4H2,1-2H3. The second-order valence-electron chi connectivity index (χ2n) is 5.81. The average Bonchev–Trinajstić information content (AvgIpc) is 2.57. The molecule has 0 amide bonds. The van der Waals surface area contributed by atoms with Crippen LogP contribution in [0.2, 0.25) is 0 Å². The third-order valence-electron chi connectivity index (χ3n) is 3.72. The van der Waals surface area contributed by atoms with Crippen molar-refractivity contribution in [2.75, 3.05) is 0 Å². The fourth-order valence-corrected chi connectivity index (χ4v) is 2.39. The van der Waals surface area contributed by atoms with Gasteiger partial charge < -0.3 is 4.74 Å². The summed E-state index contributed by atoms with van der Waals surface area (Å²) < 4.78 is 54.1. The molecule has 0 saturated heterocycles. The van der Waals surface area contributed by atoms with Gasteiger partial charge in [0.05, 0.1) is 0 Å². The Hall–Kier alpha value is -2.30. The maximum absolute atomic E-state index is 12.9. The van der Waals surface area contributed by atoms with E-state index in [-0.39, 0.29) is 5.75 Å². The molecule has 2 aromatic carbocycles. The minimum Gasteiger partial charge on any atom is -0.428 e. The van der Waals surface area contributed by atoms with Gasteiger partial charge in [0.25, 0.3) is 0 Å². The fraction of sp³-hybridized carbons (Fsp3) is 0.300. The lowest BCUT2D eigenvalue weighted by atomic mass is 10.0. The summed E-state index contributed by atoms with van der Waals surface area (Å²) in [6.07, 6.45) is -4.27. The van der Waals surface area contributed by atoms with E-state index in [1.54, 1.807) is 12.1 Å². The third-order valence-corrected chi connectivity index (χ3v) is 3.72. The number of hydrogen-bond acceptors (Lipinski definition) is 1. The summed E-state index contributed by atoms with van der Waals surface area (Å²) in [6, 6.07) is 13.8. The minimum atomic E-state index is -4.49.